The minimum Gasteiger partial charge on any atom is -0.385 e. The summed E-state index contributed by atoms with van der Waals surface area (Å²) in [5.74, 6) is -0.253. The highest BCUT2D eigenvalue weighted by molar-refractivity contribution is 5.23. The van der Waals surface area contributed by atoms with Gasteiger partial charge in [0.25, 0.3) is 0 Å². The molecule has 3 rings (SSSR count). The van der Waals surface area contributed by atoms with Crippen LogP contribution in [0.5, 0.6) is 0 Å². The number of aliphatic hydroxyl groups is 1. The summed E-state index contributed by atoms with van der Waals surface area (Å²) < 4.78 is 13.0. The van der Waals surface area contributed by atoms with Gasteiger partial charge >= 0.3 is 0 Å². The molecule has 4 heteroatoms. The Labute approximate surface area is 119 Å². The second-order valence-corrected chi connectivity index (χ2v) is 6.31. The van der Waals surface area contributed by atoms with Crippen molar-refractivity contribution in [1.29, 1.82) is 0 Å². The molecule has 0 radical (unpaired) electrons. The smallest absolute Gasteiger partial charge is 0.123 e. The van der Waals surface area contributed by atoms with Crippen LogP contribution in [-0.4, -0.2) is 35.2 Å². The fourth-order valence-corrected chi connectivity index (χ4v) is 3.64. The van der Waals surface area contributed by atoms with Gasteiger partial charge in [-0.1, -0.05) is 12.1 Å². The summed E-state index contributed by atoms with van der Waals surface area (Å²) in [5.41, 5.74) is 6.02. The number of hydrogen-bond acceptors (Lipinski definition) is 3. The van der Waals surface area contributed by atoms with Crippen molar-refractivity contribution in [3.05, 3.63) is 35.6 Å². The first-order valence-electron chi connectivity index (χ1n) is 7.55. The fraction of sp³-hybridized carbons (Fsp3) is 0.625. The third-order valence-corrected chi connectivity index (χ3v) is 4.94. The van der Waals surface area contributed by atoms with E-state index in [1.165, 1.54) is 12.1 Å². The SMILES string of the molecule is NC1CCN(C2CCC(O)(c3ccc(F)cc3)CC2)C1. The summed E-state index contributed by atoms with van der Waals surface area (Å²) in [6.07, 6.45) is 4.55. The van der Waals surface area contributed by atoms with Gasteiger partial charge in [-0.25, -0.2) is 4.39 Å². The number of hydrogen-bond donors (Lipinski definition) is 2. The van der Waals surface area contributed by atoms with E-state index in [1.807, 2.05) is 0 Å². The lowest BCUT2D eigenvalue weighted by Gasteiger charge is -2.40. The molecule has 1 saturated heterocycles. The predicted molar refractivity (Wildman–Crippen MR) is 76.7 cm³/mol. The van der Waals surface area contributed by atoms with E-state index in [4.69, 9.17) is 5.73 Å². The first-order chi connectivity index (χ1) is 9.57. The Morgan fingerprint density at radius 1 is 1.15 bits per heavy atom. The monoisotopic (exact) mass is 278 g/mol. The maximum absolute atomic E-state index is 13.0. The Kier molecular flexibility index (Phi) is 3.80. The summed E-state index contributed by atoms with van der Waals surface area (Å²) in [4.78, 5) is 2.47. The summed E-state index contributed by atoms with van der Waals surface area (Å²) in [7, 11) is 0. The van der Waals surface area contributed by atoms with Crippen molar-refractivity contribution in [2.75, 3.05) is 13.1 Å². The summed E-state index contributed by atoms with van der Waals surface area (Å²) in [6, 6.07) is 7.14. The number of rotatable bonds is 2. The molecular weight excluding hydrogens is 255 g/mol. The van der Waals surface area contributed by atoms with Crippen LogP contribution in [0.3, 0.4) is 0 Å². The van der Waals surface area contributed by atoms with Crippen LogP contribution in [0.25, 0.3) is 0 Å². The third-order valence-electron chi connectivity index (χ3n) is 4.94. The number of likely N-dealkylation sites (tertiary alicyclic amines) is 1. The van der Waals surface area contributed by atoms with Crippen molar-refractivity contribution in [3.63, 3.8) is 0 Å². The van der Waals surface area contributed by atoms with Gasteiger partial charge < -0.3 is 10.8 Å². The molecule has 1 aromatic rings. The Balaban J connectivity index is 1.63. The number of nitrogens with two attached hydrogens (primary N) is 1. The van der Waals surface area contributed by atoms with Gasteiger partial charge in [0.2, 0.25) is 0 Å². The molecule has 1 aliphatic carbocycles. The molecule has 0 amide bonds. The quantitative estimate of drug-likeness (QED) is 0.870. The van der Waals surface area contributed by atoms with Crippen LogP contribution < -0.4 is 5.73 Å². The number of nitrogens with zero attached hydrogens (tertiary/aromatic N) is 1. The van der Waals surface area contributed by atoms with Crippen molar-refractivity contribution in [3.8, 4) is 0 Å². The van der Waals surface area contributed by atoms with Gasteiger partial charge in [0.15, 0.2) is 0 Å². The molecule has 1 saturated carbocycles. The van der Waals surface area contributed by atoms with Crippen LogP contribution in [0, 0.1) is 5.82 Å². The zero-order valence-electron chi connectivity index (χ0n) is 11.8. The molecule has 2 fully saturated rings. The average molecular weight is 278 g/mol. The van der Waals surface area contributed by atoms with Gasteiger partial charge in [0.1, 0.15) is 5.82 Å². The van der Waals surface area contributed by atoms with Crippen LogP contribution in [0.1, 0.15) is 37.7 Å². The Hall–Kier alpha value is -0.970. The minimum absolute atomic E-state index is 0.253. The lowest BCUT2D eigenvalue weighted by Crippen LogP contribution is -2.42. The van der Waals surface area contributed by atoms with E-state index in [0.717, 1.165) is 50.8 Å². The fourth-order valence-electron chi connectivity index (χ4n) is 3.64. The van der Waals surface area contributed by atoms with Gasteiger partial charge in [-0.05, 0) is 49.8 Å². The van der Waals surface area contributed by atoms with Gasteiger partial charge in [-0.15, -0.1) is 0 Å². The zero-order chi connectivity index (χ0) is 14.2. The second-order valence-electron chi connectivity index (χ2n) is 6.31. The summed E-state index contributed by atoms with van der Waals surface area (Å²) >= 11 is 0. The molecule has 0 aromatic heterocycles. The van der Waals surface area contributed by atoms with Gasteiger partial charge in [0, 0.05) is 25.2 Å². The van der Waals surface area contributed by atoms with Crippen LogP contribution in [0.15, 0.2) is 24.3 Å². The van der Waals surface area contributed by atoms with Crippen LogP contribution in [0.4, 0.5) is 4.39 Å². The van der Waals surface area contributed by atoms with Crippen molar-refractivity contribution < 1.29 is 9.50 Å². The van der Waals surface area contributed by atoms with E-state index in [-0.39, 0.29) is 5.82 Å². The van der Waals surface area contributed by atoms with Gasteiger partial charge in [-0.3, -0.25) is 4.90 Å². The Morgan fingerprint density at radius 3 is 2.35 bits per heavy atom. The molecule has 0 bridgehead atoms. The standard InChI is InChI=1S/C16H23FN2O/c17-13-3-1-12(2-4-13)16(20)8-5-15(6-9-16)19-10-7-14(18)11-19/h1-4,14-15,20H,5-11,18H2. The Bertz CT molecular complexity index is 454. The van der Waals surface area contributed by atoms with Gasteiger partial charge in [0.05, 0.1) is 5.60 Å². The summed E-state index contributed by atoms with van der Waals surface area (Å²) in [6.45, 7) is 2.07. The highest BCUT2D eigenvalue weighted by atomic mass is 19.1. The zero-order valence-corrected chi connectivity index (χ0v) is 11.8. The molecule has 3 N–H and O–H groups in total. The molecule has 2 aliphatic rings. The molecule has 1 heterocycles. The molecule has 1 aromatic carbocycles. The molecule has 20 heavy (non-hydrogen) atoms. The van der Waals surface area contributed by atoms with Gasteiger partial charge in [-0.2, -0.15) is 0 Å². The van der Waals surface area contributed by atoms with Crippen LogP contribution in [0.2, 0.25) is 0 Å². The highest BCUT2D eigenvalue weighted by Crippen LogP contribution is 2.39. The lowest BCUT2D eigenvalue weighted by atomic mass is 9.77. The van der Waals surface area contributed by atoms with E-state index in [0.29, 0.717) is 12.1 Å². The largest absolute Gasteiger partial charge is 0.385 e. The van der Waals surface area contributed by atoms with E-state index in [1.54, 1.807) is 12.1 Å². The average Bonchev–Trinajstić information content (AvgIpc) is 2.87. The summed E-state index contributed by atoms with van der Waals surface area (Å²) in [5, 5.41) is 10.8. The molecule has 3 nitrogen and oxygen atoms in total. The first-order valence-corrected chi connectivity index (χ1v) is 7.55. The van der Waals surface area contributed by atoms with Crippen LogP contribution in [-0.2, 0) is 5.60 Å². The maximum Gasteiger partial charge on any atom is 0.123 e. The number of benzene rings is 1. The first kappa shape index (κ1) is 14.0. The van der Waals surface area contributed by atoms with Crippen molar-refractivity contribution >= 4 is 0 Å². The molecule has 1 aliphatic heterocycles. The van der Waals surface area contributed by atoms with E-state index < -0.39 is 5.60 Å². The van der Waals surface area contributed by atoms with E-state index in [2.05, 4.69) is 4.90 Å². The lowest BCUT2D eigenvalue weighted by molar-refractivity contribution is -0.0223. The van der Waals surface area contributed by atoms with E-state index >= 15 is 0 Å². The van der Waals surface area contributed by atoms with Crippen molar-refractivity contribution in [1.82, 2.24) is 4.90 Å². The predicted octanol–water partition coefficient (Wildman–Crippen LogP) is 1.99. The molecule has 110 valence electrons. The molecular formula is C16H23FN2O. The number of halogens is 1. The molecule has 1 atom stereocenters. The molecule has 1 unspecified atom stereocenters. The third kappa shape index (κ3) is 2.73. The highest BCUT2D eigenvalue weighted by Gasteiger charge is 2.37. The van der Waals surface area contributed by atoms with Crippen molar-refractivity contribution in [2.24, 2.45) is 5.73 Å². The topological polar surface area (TPSA) is 49.5 Å². The van der Waals surface area contributed by atoms with E-state index in [9.17, 15) is 9.50 Å². The van der Waals surface area contributed by atoms with Crippen molar-refractivity contribution in [2.45, 2.75) is 49.8 Å². The maximum atomic E-state index is 13.0. The second kappa shape index (κ2) is 5.43. The van der Waals surface area contributed by atoms with Crippen LogP contribution >= 0.6 is 0 Å². The molecule has 0 spiro atoms. The normalized spacial score (nSPS) is 35.4. The Morgan fingerprint density at radius 2 is 1.80 bits per heavy atom. The minimum atomic E-state index is -0.786.